The Balaban J connectivity index is 1.82. The second-order valence-corrected chi connectivity index (χ2v) is 7.37. The maximum absolute atomic E-state index is 5.06. The third-order valence-electron chi connectivity index (χ3n) is 4.33. The van der Waals surface area contributed by atoms with Gasteiger partial charge in [0.15, 0.2) is 0 Å². The summed E-state index contributed by atoms with van der Waals surface area (Å²) in [5, 5.41) is 4.24. The van der Waals surface area contributed by atoms with Crippen LogP contribution in [0.1, 0.15) is 44.6 Å². The second kappa shape index (κ2) is 9.50. The molecule has 0 spiro atoms. The third-order valence-corrected chi connectivity index (χ3v) is 5.61. The van der Waals surface area contributed by atoms with Gasteiger partial charge in [-0.15, -0.1) is 11.8 Å². The molecule has 118 valence electrons. The lowest BCUT2D eigenvalue weighted by atomic mass is 9.87. The molecule has 0 amide bonds. The van der Waals surface area contributed by atoms with Crippen LogP contribution in [0.3, 0.4) is 0 Å². The van der Waals surface area contributed by atoms with Crippen LogP contribution in [0.15, 0.2) is 29.2 Å². The van der Waals surface area contributed by atoms with E-state index in [1.54, 1.807) is 7.11 Å². The highest BCUT2D eigenvalue weighted by molar-refractivity contribution is 8.00. The van der Waals surface area contributed by atoms with Crippen LogP contribution in [-0.4, -0.2) is 25.5 Å². The molecule has 2 atom stereocenters. The fraction of sp³-hybridized carbons (Fsp3) is 0.667. The van der Waals surface area contributed by atoms with Gasteiger partial charge in [-0.25, -0.2) is 0 Å². The summed E-state index contributed by atoms with van der Waals surface area (Å²) < 4.78 is 5.06. The van der Waals surface area contributed by atoms with Gasteiger partial charge in [0.1, 0.15) is 0 Å². The van der Waals surface area contributed by atoms with E-state index < -0.39 is 0 Å². The molecule has 0 heterocycles. The first-order chi connectivity index (χ1) is 10.3. The van der Waals surface area contributed by atoms with Crippen molar-refractivity contribution >= 4 is 11.8 Å². The zero-order valence-electron chi connectivity index (χ0n) is 13.4. The summed E-state index contributed by atoms with van der Waals surface area (Å²) in [5.41, 5.74) is 1.37. The molecule has 1 N–H and O–H groups in total. The number of thioether (sulfide) groups is 1. The molecule has 3 heteroatoms. The first-order valence-electron chi connectivity index (χ1n) is 8.27. The van der Waals surface area contributed by atoms with E-state index in [0.717, 1.165) is 30.9 Å². The van der Waals surface area contributed by atoms with Crippen molar-refractivity contribution in [2.45, 2.75) is 55.7 Å². The van der Waals surface area contributed by atoms with Gasteiger partial charge in [0.25, 0.3) is 0 Å². The van der Waals surface area contributed by atoms with E-state index in [-0.39, 0.29) is 0 Å². The average molecular weight is 308 g/mol. The molecule has 1 aromatic rings. The Morgan fingerprint density at radius 2 is 2.24 bits per heavy atom. The van der Waals surface area contributed by atoms with Gasteiger partial charge in [-0.3, -0.25) is 0 Å². The molecular weight excluding hydrogens is 278 g/mol. The van der Waals surface area contributed by atoms with Gasteiger partial charge in [0.2, 0.25) is 0 Å². The Labute approximate surface area is 134 Å². The van der Waals surface area contributed by atoms with Crippen molar-refractivity contribution in [2.24, 2.45) is 5.92 Å². The number of hydrogen-bond acceptors (Lipinski definition) is 3. The Kier molecular flexibility index (Phi) is 7.62. The molecule has 2 rings (SSSR count). The van der Waals surface area contributed by atoms with Crippen molar-refractivity contribution in [3.8, 4) is 0 Å². The van der Waals surface area contributed by atoms with E-state index >= 15 is 0 Å². The van der Waals surface area contributed by atoms with Crippen LogP contribution in [0.25, 0.3) is 0 Å². The standard InChI is InChI=1S/C18H29NOS/c1-3-15-6-4-8-17(12-15)21-18-9-5-7-16(13-18)14-19-10-11-20-2/h5,7,9,13,15,17,19H,3-4,6,8,10-12,14H2,1-2H3. The normalized spacial score (nSPS) is 22.4. The molecule has 0 bridgehead atoms. The molecule has 1 fully saturated rings. The van der Waals surface area contributed by atoms with E-state index in [1.165, 1.54) is 42.6 Å². The second-order valence-electron chi connectivity index (χ2n) is 6.00. The van der Waals surface area contributed by atoms with E-state index in [1.807, 2.05) is 0 Å². The fourth-order valence-corrected chi connectivity index (χ4v) is 4.46. The van der Waals surface area contributed by atoms with Gasteiger partial charge in [0.05, 0.1) is 6.61 Å². The Hall–Kier alpha value is -0.510. The van der Waals surface area contributed by atoms with Crippen molar-refractivity contribution in [2.75, 3.05) is 20.3 Å². The first-order valence-corrected chi connectivity index (χ1v) is 9.15. The minimum atomic E-state index is 0.773. The van der Waals surface area contributed by atoms with Crippen LogP contribution in [0.4, 0.5) is 0 Å². The Morgan fingerprint density at radius 1 is 1.33 bits per heavy atom. The lowest BCUT2D eigenvalue weighted by Gasteiger charge is -2.28. The van der Waals surface area contributed by atoms with Crippen molar-refractivity contribution in [3.63, 3.8) is 0 Å². The molecular formula is C18H29NOS. The van der Waals surface area contributed by atoms with Crippen LogP contribution in [0.2, 0.25) is 0 Å². The topological polar surface area (TPSA) is 21.3 Å². The summed E-state index contributed by atoms with van der Waals surface area (Å²) in [6.07, 6.45) is 6.99. The fourth-order valence-electron chi connectivity index (χ4n) is 3.05. The van der Waals surface area contributed by atoms with Crippen LogP contribution >= 0.6 is 11.8 Å². The lowest BCUT2D eigenvalue weighted by Crippen LogP contribution is -2.18. The average Bonchev–Trinajstić information content (AvgIpc) is 2.52. The first kappa shape index (κ1) is 16.9. The molecule has 1 aliphatic carbocycles. The van der Waals surface area contributed by atoms with Gasteiger partial charge >= 0.3 is 0 Å². The molecule has 0 radical (unpaired) electrons. The summed E-state index contributed by atoms with van der Waals surface area (Å²) in [5.74, 6) is 0.954. The van der Waals surface area contributed by atoms with E-state index in [9.17, 15) is 0 Å². The quantitative estimate of drug-likeness (QED) is 0.715. The SMILES string of the molecule is CCC1CCCC(Sc2cccc(CNCCOC)c2)C1. The van der Waals surface area contributed by atoms with Crippen molar-refractivity contribution < 1.29 is 4.74 Å². The monoisotopic (exact) mass is 307 g/mol. The van der Waals surface area contributed by atoms with Gasteiger partial charge in [-0.05, 0) is 36.5 Å². The number of rotatable bonds is 8. The van der Waals surface area contributed by atoms with Crippen LogP contribution in [-0.2, 0) is 11.3 Å². The summed E-state index contributed by atoms with van der Waals surface area (Å²) >= 11 is 2.09. The molecule has 21 heavy (non-hydrogen) atoms. The minimum Gasteiger partial charge on any atom is -0.383 e. The molecule has 2 nitrogen and oxygen atoms in total. The molecule has 0 aliphatic heterocycles. The van der Waals surface area contributed by atoms with Gasteiger partial charge in [0, 0.05) is 30.3 Å². The smallest absolute Gasteiger partial charge is 0.0587 e. The summed E-state index contributed by atoms with van der Waals surface area (Å²) in [6, 6.07) is 9.01. The third kappa shape index (κ3) is 6.01. The van der Waals surface area contributed by atoms with Crippen LogP contribution < -0.4 is 5.32 Å². The summed E-state index contributed by atoms with van der Waals surface area (Å²) in [4.78, 5) is 1.43. The lowest BCUT2D eigenvalue weighted by molar-refractivity contribution is 0.199. The van der Waals surface area contributed by atoms with Gasteiger partial charge < -0.3 is 10.1 Å². The molecule has 1 aromatic carbocycles. The highest BCUT2D eigenvalue weighted by Gasteiger charge is 2.21. The number of methoxy groups -OCH3 is 1. The Bertz CT molecular complexity index is 410. The highest BCUT2D eigenvalue weighted by atomic mass is 32.2. The van der Waals surface area contributed by atoms with E-state index in [2.05, 4.69) is 48.3 Å². The van der Waals surface area contributed by atoms with Crippen molar-refractivity contribution in [3.05, 3.63) is 29.8 Å². The number of ether oxygens (including phenoxy) is 1. The molecule has 1 saturated carbocycles. The van der Waals surface area contributed by atoms with Gasteiger partial charge in [-0.2, -0.15) is 0 Å². The Morgan fingerprint density at radius 3 is 3.05 bits per heavy atom. The predicted octanol–water partition coefficient (Wildman–Crippen LogP) is 4.48. The van der Waals surface area contributed by atoms with Crippen LogP contribution in [0.5, 0.6) is 0 Å². The molecule has 0 saturated heterocycles. The number of hydrogen-bond donors (Lipinski definition) is 1. The highest BCUT2D eigenvalue weighted by Crippen LogP contribution is 2.37. The molecule has 1 aliphatic rings. The van der Waals surface area contributed by atoms with Crippen LogP contribution in [0, 0.1) is 5.92 Å². The largest absolute Gasteiger partial charge is 0.383 e. The van der Waals surface area contributed by atoms with Gasteiger partial charge in [-0.1, -0.05) is 38.3 Å². The predicted molar refractivity (Wildman–Crippen MR) is 91.9 cm³/mol. The zero-order chi connectivity index (χ0) is 14.9. The number of benzene rings is 1. The van der Waals surface area contributed by atoms with Crippen molar-refractivity contribution in [1.29, 1.82) is 0 Å². The maximum Gasteiger partial charge on any atom is 0.0587 e. The molecule has 0 aromatic heterocycles. The van der Waals surface area contributed by atoms with Crippen molar-refractivity contribution in [1.82, 2.24) is 5.32 Å². The maximum atomic E-state index is 5.06. The minimum absolute atomic E-state index is 0.773. The number of nitrogens with one attached hydrogen (secondary N) is 1. The molecule has 2 unspecified atom stereocenters. The zero-order valence-corrected chi connectivity index (χ0v) is 14.3. The summed E-state index contributed by atoms with van der Waals surface area (Å²) in [6.45, 7) is 4.95. The van der Waals surface area contributed by atoms with E-state index in [0.29, 0.717) is 0 Å². The summed E-state index contributed by atoms with van der Waals surface area (Å²) in [7, 11) is 1.74. The van der Waals surface area contributed by atoms with E-state index in [4.69, 9.17) is 4.74 Å².